The zero-order valence-corrected chi connectivity index (χ0v) is 16.3. The van der Waals surface area contributed by atoms with Crippen molar-refractivity contribution >= 4 is 18.3 Å². The second kappa shape index (κ2) is 8.46. The standard InChI is InChI=1S/C19H28N2O4.ClH/c1-18(2,14-3-4-15-16(11-14)25-10-9-24-15)13-21-17(22)19(12-20)5-7-23-8-6-19;/h3-4,11H,5-10,12-13,20H2,1-2H3,(H,21,22);1H. The fourth-order valence-corrected chi connectivity index (χ4v) is 3.34. The summed E-state index contributed by atoms with van der Waals surface area (Å²) in [6.45, 7) is 7.44. The molecule has 6 nitrogen and oxygen atoms in total. The number of benzene rings is 1. The fourth-order valence-electron chi connectivity index (χ4n) is 3.34. The van der Waals surface area contributed by atoms with Crippen LogP contribution >= 0.6 is 12.4 Å². The molecule has 146 valence electrons. The first kappa shape index (κ1) is 20.8. The molecule has 0 atom stereocenters. The minimum Gasteiger partial charge on any atom is -0.486 e. The number of nitrogens with two attached hydrogens (primary N) is 1. The van der Waals surface area contributed by atoms with Crippen LogP contribution in [0.3, 0.4) is 0 Å². The van der Waals surface area contributed by atoms with E-state index in [0.717, 1.165) is 17.1 Å². The number of fused-ring (bicyclic) bond motifs is 1. The van der Waals surface area contributed by atoms with Crippen molar-refractivity contribution in [1.29, 1.82) is 0 Å². The molecule has 0 spiro atoms. The molecule has 7 heteroatoms. The second-order valence-electron chi connectivity index (χ2n) is 7.52. The van der Waals surface area contributed by atoms with E-state index in [1.54, 1.807) is 0 Å². The van der Waals surface area contributed by atoms with E-state index in [4.69, 9.17) is 19.9 Å². The van der Waals surface area contributed by atoms with Gasteiger partial charge in [0, 0.05) is 31.7 Å². The molecule has 0 bridgehead atoms. The number of hydrogen-bond acceptors (Lipinski definition) is 5. The molecule has 1 saturated heterocycles. The van der Waals surface area contributed by atoms with Crippen molar-refractivity contribution < 1.29 is 19.0 Å². The minimum atomic E-state index is -0.499. The lowest BCUT2D eigenvalue weighted by atomic mass is 9.78. The average Bonchev–Trinajstić information content (AvgIpc) is 2.66. The molecule has 2 heterocycles. The van der Waals surface area contributed by atoms with Gasteiger partial charge in [0.15, 0.2) is 11.5 Å². The van der Waals surface area contributed by atoms with Gasteiger partial charge in [-0.25, -0.2) is 0 Å². The van der Waals surface area contributed by atoms with Crippen molar-refractivity contribution in [2.75, 3.05) is 39.5 Å². The van der Waals surface area contributed by atoms with Crippen molar-refractivity contribution in [3.63, 3.8) is 0 Å². The van der Waals surface area contributed by atoms with Crippen LogP contribution in [0.1, 0.15) is 32.3 Å². The molecule has 0 aromatic heterocycles. The van der Waals surface area contributed by atoms with Crippen LogP contribution in [0.4, 0.5) is 0 Å². The number of ether oxygens (including phenoxy) is 3. The predicted octanol–water partition coefficient (Wildman–Crippen LogP) is 2.03. The largest absolute Gasteiger partial charge is 0.486 e. The van der Waals surface area contributed by atoms with E-state index in [1.807, 2.05) is 18.2 Å². The Labute approximate surface area is 161 Å². The maximum atomic E-state index is 12.8. The van der Waals surface area contributed by atoms with Crippen LogP contribution in [0.5, 0.6) is 11.5 Å². The molecule has 3 N–H and O–H groups in total. The Kier molecular flexibility index (Phi) is 6.77. The van der Waals surface area contributed by atoms with Crippen LogP contribution in [-0.2, 0) is 14.9 Å². The van der Waals surface area contributed by atoms with Crippen molar-refractivity contribution in [1.82, 2.24) is 5.32 Å². The van der Waals surface area contributed by atoms with E-state index in [2.05, 4.69) is 19.2 Å². The van der Waals surface area contributed by atoms with E-state index in [1.165, 1.54) is 0 Å². The van der Waals surface area contributed by atoms with Gasteiger partial charge in [-0.15, -0.1) is 12.4 Å². The van der Waals surface area contributed by atoms with Crippen molar-refractivity contribution in [3.8, 4) is 11.5 Å². The monoisotopic (exact) mass is 384 g/mol. The Balaban J connectivity index is 0.00000243. The number of amides is 1. The maximum Gasteiger partial charge on any atom is 0.227 e. The predicted molar refractivity (Wildman–Crippen MR) is 102 cm³/mol. The fraction of sp³-hybridized carbons (Fsp3) is 0.632. The summed E-state index contributed by atoms with van der Waals surface area (Å²) >= 11 is 0. The second-order valence-corrected chi connectivity index (χ2v) is 7.52. The number of rotatable bonds is 5. The van der Waals surface area contributed by atoms with Crippen LogP contribution in [0.25, 0.3) is 0 Å². The molecule has 1 aromatic carbocycles. The highest BCUT2D eigenvalue weighted by Crippen LogP contribution is 2.35. The summed E-state index contributed by atoms with van der Waals surface area (Å²) < 4.78 is 16.6. The molecule has 1 aromatic rings. The third kappa shape index (κ3) is 4.24. The lowest BCUT2D eigenvalue weighted by Crippen LogP contribution is -2.51. The van der Waals surface area contributed by atoms with Gasteiger partial charge in [0.05, 0.1) is 5.41 Å². The molecule has 2 aliphatic heterocycles. The summed E-state index contributed by atoms with van der Waals surface area (Å²) in [6.07, 6.45) is 1.36. The highest BCUT2D eigenvalue weighted by atomic mass is 35.5. The van der Waals surface area contributed by atoms with Crippen LogP contribution in [0.2, 0.25) is 0 Å². The maximum absolute atomic E-state index is 12.8. The van der Waals surface area contributed by atoms with Gasteiger partial charge in [-0.1, -0.05) is 19.9 Å². The van der Waals surface area contributed by atoms with Gasteiger partial charge in [0.2, 0.25) is 5.91 Å². The van der Waals surface area contributed by atoms with Gasteiger partial charge in [0.25, 0.3) is 0 Å². The molecule has 2 aliphatic rings. The Bertz CT molecular complexity index is 630. The lowest BCUT2D eigenvalue weighted by molar-refractivity contribution is -0.136. The van der Waals surface area contributed by atoms with E-state index in [9.17, 15) is 4.79 Å². The number of nitrogens with one attached hydrogen (secondary N) is 1. The van der Waals surface area contributed by atoms with Crippen LogP contribution in [0.15, 0.2) is 18.2 Å². The molecule has 0 radical (unpaired) electrons. The number of halogens is 1. The van der Waals surface area contributed by atoms with Gasteiger partial charge < -0.3 is 25.3 Å². The first-order chi connectivity index (χ1) is 12.0. The Morgan fingerprint density at radius 2 is 1.81 bits per heavy atom. The summed E-state index contributed by atoms with van der Waals surface area (Å²) in [6, 6.07) is 5.98. The van der Waals surface area contributed by atoms with Crippen LogP contribution < -0.4 is 20.5 Å². The summed E-state index contributed by atoms with van der Waals surface area (Å²) in [5, 5.41) is 3.12. The van der Waals surface area contributed by atoms with E-state index >= 15 is 0 Å². The SMILES string of the molecule is CC(C)(CNC(=O)C1(CN)CCOCC1)c1ccc2c(c1)OCCO2.Cl. The normalized spacial score (nSPS) is 18.6. The molecule has 1 amide bonds. The lowest BCUT2D eigenvalue weighted by Gasteiger charge is -2.36. The van der Waals surface area contributed by atoms with Gasteiger partial charge in [-0.3, -0.25) is 4.79 Å². The molecular formula is C19H29ClN2O4. The summed E-state index contributed by atoms with van der Waals surface area (Å²) in [5.74, 6) is 1.58. The van der Waals surface area contributed by atoms with E-state index < -0.39 is 5.41 Å². The molecular weight excluding hydrogens is 356 g/mol. The number of hydrogen-bond donors (Lipinski definition) is 2. The summed E-state index contributed by atoms with van der Waals surface area (Å²) in [5.41, 5.74) is 6.29. The Hall–Kier alpha value is -1.50. The summed E-state index contributed by atoms with van der Waals surface area (Å²) in [7, 11) is 0. The number of carbonyl (C=O) groups is 1. The molecule has 0 unspecified atom stereocenters. The quantitative estimate of drug-likeness (QED) is 0.811. The summed E-state index contributed by atoms with van der Waals surface area (Å²) in [4.78, 5) is 12.8. The zero-order valence-electron chi connectivity index (χ0n) is 15.5. The zero-order chi connectivity index (χ0) is 17.9. The first-order valence-electron chi connectivity index (χ1n) is 8.93. The highest BCUT2D eigenvalue weighted by molar-refractivity contribution is 5.85. The van der Waals surface area contributed by atoms with Crippen molar-refractivity contribution in [2.45, 2.75) is 32.1 Å². The van der Waals surface area contributed by atoms with Gasteiger partial charge in [0.1, 0.15) is 13.2 Å². The molecule has 0 saturated carbocycles. The molecule has 0 aliphatic carbocycles. The Morgan fingerprint density at radius 3 is 2.46 bits per heavy atom. The Morgan fingerprint density at radius 1 is 1.15 bits per heavy atom. The number of carbonyl (C=O) groups excluding carboxylic acids is 1. The van der Waals surface area contributed by atoms with Crippen LogP contribution in [-0.4, -0.2) is 45.4 Å². The third-order valence-electron chi connectivity index (χ3n) is 5.34. The van der Waals surface area contributed by atoms with Gasteiger partial charge in [-0.05, 0) is 30.5 Å². The van der Waals surface area contributed by atoms with Crippen molar-refractivity contribution in [2.24, 2.45) is 11.1 Å². The van der Waals surface area contributed by atoms with E-state index in [0.29, 0.717) is 52.4 Å². The highest BCUT2D eigenvalue weighted by Gasteiger charge is 2.39. The van der Waals surface area contributed by atoms with Gasteiger partial charge >= 0.3 is 0 Å². The van der Waals surface area contributed by atoms with E-state index in [-0.39, 0.29) is 23.7 Å². The first-order valence-corrected chi connectivity index (χ1v) is 8.93. The smallest absolute Gasteiger partial charge is 0.227 e. The molecule has 26 heavy (non-hydrogen) atoms. The van der Waals surface area contributed by atoms with Crippen LogP contribution in [0, 0.1) is 5.41 Å². The third-order valence-corrected chi connectivity index (χ3v) is 5.34. The van der Waals surface area contributed by atoms with Crippen molar-refractivity contribution in [3.05, 3.63) is 23.8 Å². The molecule has 1 fully saturated rings. The van der Waals surface area contributed by atoms with Gasteiger partial charge in [-0.2, -0.15) is 0 Å². The molecule has 3 rings (SSSR count). The average molecular weight is 385 g/mol. The minimum absolute atomic E-state index is 0. The topological polar surface area (TPSA) is 82.8 Å².